The number of benzene rings is 3. The van der Waals surface area contributed by atoms with Crippen LogP contribution in [0.25, 0.3) is 0 Å². The van der Waals surface area contributed by atoms with Gasteiger partial charge in [-0.15, -0.1) is 0 Å². The van der Waals surface area contributed by atoms with Crippen molar-refractivity contribution in [2.45, 2.75) is 50.0 Å². The molecule has 184 valence electrons. The maximum Gasteiger partial charge on any atom is 0.232 e. The number of amides is 1. The molecule has 2 heterocycles. The molecule has 0 spiro atoms. The van der Waals surface area contributed by atoms with Gasteiger partial charge in [-0.25, -0.2) is 0 Å². The van der Waals surface area contributed by atoms with E-state index < -0.39 is 5.41 Å². The fraction of sp³-hybridized carbons (Fsp3) is 0.312. The summed E-state index contributed by atoms with van der Waals surface area (Å²) in [6, 6.07) is 26.5. The lowest BCUT2D eigenvalue weighted by molar-refractivity contribution is -0.122. The lowest BCUT2D eigenvalue weighted by Crippen LogP contribution is -2.43. The lowest BCUT2D eigenvalue weighted by Gasteiger charge is -2.36. The molecule has 1 amide bonds. The summed E-state index contributed by atoms with van der Waals surface area (Å²) in [5.74, 6) is 0.957. The summed E-state index contributed by atoms with van der Waals surface area (Å²) in [6.45, 7) is 2.97. The third-order valence-corrected chi connectivity index (χ3v) is 8.06. The zero-order valence-electron chi connectivity index (χ0n) is 20.9. The van der Waals surface area contributed by atoms with Gasteiger partial charge in [0.15, 0.2) is 0 Å². The van der Waals surface area contributed by atoms with E-state index in [0.717, 1.165) is 49.2 Å². The highest BCUT2D eigenvalue weighted by atomic mass is 16.5. The zero-order valence-corrected chi connectivity index (χ0v) is 20.9. The molecule has 3 aromatic rings. The van der Waals surface area contributed by atoms with Gasteiger partial charge < -0.3 is 10.5 Å². The largest absolute Gasteiger partial charge is 0.493 e. The number of aryl methyl sites for hydroxylation is 1. The Hall–Kier alpha value is -3.66. The number of allylic oxidation sites excluding steroid dienone is 1. The van der Waals surface area contributed by atoms with Gasteiger partial charge in [0.2, 0.25) is 5.91 Å². The van der Waals surface area contributed by atoms with Gasteiger partial charge in [-0.2, -0.15) is 0 Å². The Morgan fingerprint density at radius 1 is 1.03 bits per heavy atom. The van der Waals surface area contributed by atoms with Gasteiger partial charge in [-0.05, 0) is 72.9 Å². The molecule has 2 aliphatic heterocycles. The number of nitrogens with zero attached hydrogens (tertiary/aromatic N) is 1. The Morgan fingerprint density at radius 2 is 1.72 bits per heavy atom. The Labute approximate surface area is 213 Å². The number of fused-ring (bicyclic) bond motifs is 1. The van der Waals surface area contributed by atoms with Crippen molar-refractivity contribution in [2.24, 2.45) is 16.6 Å². The average Bonchev–Trinajstić information content (AvgIpc) is 3.56. The topological polar surface area (TPSA) is 64.7 Å². The monoisotopic (exact) mass is 478 g/mol. The van der Waals surface area contributed by atoms with E-state index in [1.54, 1.807) is 0 Å². The first kappa shape index (κ1) is 24.1. The minimum absolute atomic E-state index is 0.253. The number of primary amides is 1. The summed E-state index contributed by atoms with van der Waals surface area (Å²) in [7, 11) is 0. The normalized spacial score (nSPS) is 19.1. The van der Waals surface area contributed by atoms with Gasteiger partial charge in [0.1, 0.15) is 5.75 Å². The van der Waals surface area contributed by atoms with Crippen LogP contribution in [0.1, 0.15) is 48.4 Å². The number of carbonyl (C=O) groups excluding carboxylic acids is 1. The molecule has 2 aliphatic rings. The van der Waals surface area contributed by atoms with Crippen LogP contribution in [0.4, 0.5) is 0 Å². The molecule has 0 radical (unpaired) electrons. The number of ether oxygens (including phenoxy) is 1. The van der Waals surface area contributed by atoms with Gasteiger partial charge >= 0.3 is 0 Å². The molecule has 4 nitrogen and oxygen atoms in total. The fourth-order valence-corrected chi connectivity index (χ4v) is 5.89. The quantitative estimate of drug-likeness (QED) is 0.399. The number of rotatable bonds is 10. The van der Waals surface area contributed by atoms with Crippen molar-refractivity contribution in [3.63, 3.8) is 0 Å². The van der Waals surface area contributed by atoms with Crippen molar-refractivity contribution in [1.82, 2.24) is 0 Å². The standard InChI is InChI=1S/C32H34N2O2/c1-31(19-8-21-34-31)26(15-13-24-14-16-29-25(23-24)18-22-36-29)17-20-32(30(33)35,27-9-4-2-5-10-27)28-11-6-3-7-12-28/h2-12,14,16,19,21,23,26H,13,15,17-18,20,22H2,1H3,(H2,33,35). The molecule has 5 rings (SSSR count). The predicted octanol–water partition coefficient (Wildman–Crippen LogP) is 5.82. The summed E-state index contributed by atoms with van der Waals surface area (Å²) < 4.78 is 5.69. The Kier molecular flexibility index (Phi) is 6.77. The highest BCUT2D eigenvalue weighted by Crippen LogP contribution is 2.42. The molecule has 0 aromatic heterocycles. The van der Waals surface area contributed by atoms with E-state index in [-0.39, 0.29) is 17.4 Å². The second-order valence-corrected chi connectivity index (χ2v) is 10.2. The van der Waals surface area contributed by atoms with Crippen LogP contribution in [-0.4, -0.2) is 24.3 Å². The minimum Gasteiger partial charge on any atom is -0.493 e. The molecule has 36 heavy (non-hydrogen) atoms. The van der Waals surface area contributed by atoms with Crippen molar-refractivity contribution < 1.29 is 9.53 Å². The highest BCUT2D eigenvalue weighted by Gasteiger charge is 2.42. The van der Waals surface area contributed by atoms with Crippen molar-refractivity contribution in [3.05, 3.63) is 113 Å². The van der Waals surface area contributed by atoms with Gasteiger partial charge in [0.25, 0.3) is 0 Å². The van der Waals surface area contributed by atoms with Crippen LogP contribution >= 0.6 is 0 Å². The fourth-order valence-electron chi connectivity index (χ4n) is 5.89. The van der Waals surface area contributed by atoms with E-state index in [4.69, 9.17) is 15.5 Å². The smallest absolute Gasteiger partial charge is 0.232 e. The molecule has 0 bridgehead atoms. The molecule has 0 saturated carbocycles. The van der Waals surface area contributed by atoms with Crippen LogP contribution in [-0.2, 0) is 23.1 Å². The van der Waals surface area contributed by atoms with Crippen LogP contribution in [0.2, 0.25) is 0 Å². The first-order valence-corrected chi connectivity index (χ1v) is 12.9. The van der Waals surface area contributed by atoms with E-state index in [1.165, 1.54) is 11.1 Å². The van der Waals surface area contributed by atoms with E-state index in [9.17, 15) is 4.79 Å². The maximum absolute atomic E-state index is 13.3. The third-order valence-electron chi connectivity index (χ3n) is 8.06. The summed E-state index contributed by atoms with van der Waals surface area (Å²) in [6.07, 6.45) is 10.5. The van der Waals surface area contributed by atoms with Crippen LogP contribution in [0.5, 0.6) is 5.75 Å². The van der Waals surface area contributed by atoms with E-state index in [1.807, 2.05) is 73.0 Å². The Morgan fingerprint density at radius 3 is 2.33 bits per heavy atom. The van der Waals surface area contributed by atoms with E-state index in [0.29, 0.717) is 6.42 Å². The highest BCUT2D eigenvalue weighted by molar-refractivity contribution is 5.90. The Bertz CT molecular complexity index is 1210. The van der Waals surface area contributed by atoms with Crippen LogP contribution in [0.3, 0.4) is 0 Å². The molecule has 4 heteroatoms. The van der Waals surface area contributed by atoms with Crippen molar-refractivity contribution >= 4 is 12.1 Å². The molecular formula is C32H34N2O2. The molecule has 2 N–H and O–H groups in total. The summed E-state index contributed by atoms with van der Waals surface area (Å²) >= 11 is 0. The molecule has 0 fully saturated rings. The molecule has 2 unspecified atom stereocenters. The predicted molar refractivity (Wildman–Crippen MR) is 146 cm³/mol. The third kappa shape index (κ3) is 4.60. The maximum atomic E-state index is 13.3. The van der Waals surface area contributed by atoms with E-state index >= 15 is 0 Å². The molecule has 0 aliphatic carbocycles. The average molecular weight is 479 g/mol. The van der Waals surface area contributed by atoms with Crippen LogP contribution < -0.4 is 10.5 Å². The van der Waals surface area contributed by atoms with Gasteiger partial charge in [-0.1, -0.05) is 78.9 Å². The number of carbonyl (C=O) groups is 1. The lowest BCUT2D eigenvalue weighted by atomic mass is 9.67. The second-order valence-electron chi connectivity index (χ2n) is 10.2. The SMILES string of the molecule is CC1(C(CCc2ccc3c(c2)CCO3)CCC(C(N)=O)(c2ccccc2)c2ccccc2)C=CC=N1. The number of nitrogens with two attached hydrogens (primary N) is 1. The van der Waals surface area contributed by atoms with Crippen molar-refractivity contribution in [3.8, 4) is 5.75 Å². The summed E-state index contributed by atoms with van der Waals surface area (Å²) in [5, 5.41) is 0. The number of aliphatic imine (C=N–C) groups is 1. The van der Waals surface area contributed by atoms with E-state index in [2.05, 4.69) is 31.2 Å². The summed E-state index contributed by atoms with van der Waals surface area (Å²) in [4.78, 5) is 18.1. The zero-order chi connectivity index (χ0) is 25.0. The molecule has 3 aromatic carbocycles. The van der Waals surface area contributed by atoms with Crippen LogP contribution in [0.15, 0.2) is 96.0 Å². The second kappa shape index (κ2) is 10.1. The number of hydrogen-bond donors (Lipinski definition) is 1. The van der Waals surface area contributed by atoms with Gasteiger partial charge in [0, 0.05) is 12.6 Å². The molecule has 2 atom stereocenters. The first-order chi connectivity index (χ1) is 17.5. The minimum atomic E-state index is -0.895. The van der Waals surface area contributed by atoms with Crippen molar-refractivity contribution in [1.29, 1.82) is 0 Å². The van der Waals surface area contributed by atoms with Crippen molar-refractivity contribution in [2.75, 3.05) is 6.61 Å². The van der Waals surface area contributed by atoms with Gasteiger partial charge in [-0.3, -0.25) is 9.79 Å². The molecule has 0 saturated heterocycles. The number of hydrogen-bond acceptors (Lipinski definition) is 3. The molecular weight excluding hydrogens is 444 g/mol. The summed E-state index contributed by atoms with van der Waals surface area (Å²) in [5.41, 5.74) is 9.55. The van der Waals surface area contributed by atoms with Gasteiger partial charge in [0.05, 0.1) is 17.6 Å². The Balaban J connectivity index is 1.44. The van der Waals surface area contributed by atoms with Crippen LogP contribution in [0, 0.1) is 5.92 Å². The first-order valence-electron chi connectivity index (χ1n) is 12.9.